The summed E-state index contributed by atoms with van der Waals surface area (Å²) >= 11 is 6.20. The van der Waals surface area contributed by atoms with Crippen LogP contribution in [0, 0.1) is 6.92 Å². The van der Waals surface area contributed by atoms with E-state index in [9.17, 15) is 9.59 Å². The van der Waals surface area contributed by atoms with Crippen molar-refractivity contribution in [1.29, 1.82) is 0 Å². The van der Waals surface area contributed by atoms with Crippen molar-refractivity contribution in [2.24, 2.45) is 4.99 Å². The molecule has 3 amide bonds. The number of likely N-dealkylation sites (N-methyl/N-ethyl adjacent to an activating group) is 1. The number of imidazole rings is 1. The molecule has 2 aromatic rings. The molecule has 1 unspecified atom stereocenters. The lowest BCUT2D eigenvalue weighted by molar-refractivity contribution is -0.676. The highest BCUT2D eigenvalue weighted by molar-refractivity contribution is 6.30. The first kappa shape index (κ1) is 20.2. The maximum atomic E-state index is 13.4. The fraction of sp³-hybridized carbons (Fsp3) is 0.455. The average Bonchev–Trinajstić information content (AvgIpc) is 3.27. The Labute approximate surface area is 186 Å². The van der Waals surface area contributed by atoms with Crippen molar-refractivity contribution in [2.75, 3.05) is 33.2 Å². The minimum atomic E-state index is -0.627. The number of urea groups is 1. The highest BCUT2D eigenvalue weighted by Gasteiger charge is 2.53. The van der Waals surface area contributed by atoms with Gasteiger partial charge in [0.05, 0.1) is 0 Å². The quantitative estimate of drug-likeness (QED) is 0.685. The molecular formula is C22H26ClN6O2+. The predicted octanol–water partition coefficient (Wildman–Crippen LogP) is 2.69. The van der Waals surface area contributed by atoms with Gasteiger partial charge in [-0.25, -0.2) is 9.36 Å². The van der Waals surface area contributed by atoms with Crippen LogP contribution in [0.1, 0.15) is 31.0 Å². The largest absolute Gasteiger partial charge is 0.406 e. The van der Waals surface area contributed by atoms with Crippen LogP contribution >= 0.6 is 11.6 Å². The first-order valence-electron chi connectivity index (χ1n) is 10.7. The number of halogens is 1. The molecule has 0 radical (unpaired) electrons. The number of piperidine rings is 1. The minimum Gasteiger partial charge on any atom is -0.302 e. The van der Waals surface area contributed by atoms with E-state index in [1.54, 1.807) is 7.05 Å². The third-order valence-corrected chi connectivity index (χ3v) is 6.60. The van der Waals surface area contributed by atoms with Gasteiger partial charge in [0.1, 0.15) is 17.6 Å². The van der Waals surface area contributed by atoms with Gasteiger partial charge in [0, 0.05) is 25.2 Å². The van der Waals surface area contributed by atoms with E-state index in [1.165, 1.54) is 29.1 Å². The van der Waals surface area contributed by atoms with Crippen molar-refractivity contribution in [1.82, 2.24) is 19.3 Å². The van der Waals surface area contributed by atoms with Crippen molar-refractivity contribution in [3.05, 3.63) is 41.2 Å². The van der Waals surface area contributed by atoms with Gasteiger partial charge in [-0.3, -0.25) is 14.6 Å². The van der Waals surface area contributed by atoms with Crippen molar-refractivity contribution < 1.29 is 14.2 Å². The molecule has 1 atom stereocenters. The number of hydrogen-bond acceptors (Lipinski definition) is 4. The first-order chi connectivity index (χ1) is 15.0. The molecule has 1 aromatic heterocycles. The Balaban J connectivity index is 1.47. The van der Waals surface area contributed by atoms with Gasteiger partial charge < -0.3 is 4.90 Å². The minimum absolute atomic E-state index is 0.217. The molecule has 0 saturated carbocycles. The summed E-state index contributed by atoms with van der Waals surface area (Å²) in [7, 11) is 1.69. The molecule has 5 rings (SSSR count). The second-order valence-electron chi connectivity index (χ2n) is 8.40. The summed E-state index contributed by atoms with van der Waals surface area (Å²) in [6, 6.07) is 6.57. The molecule has 2 saturated heterocycles. The Kier molecular flexibility index (Phi) is 5.06. The highest BCUT2D eigenvalue weighted by Crippen LogP contribution is 2.31. The summed E-state index contributed by atoms with van der Waals surface area (Å²) in [4.78, 5) is 36.4. The van der Waals surface area contributed by atoms with Crippen LogP contribution in [0.2, 0.25) is 5.02 Å². The molecule has 0 spiro atoms. The van der Waals surface area contributed by atoms with E-state index in [0.717, 1.165) is 24.5 Å². The number of aromatic nitrogens is 2. The Hall–Kier alpha value is -2.71. The lowest BCUT2D eigenvalue weighted by Gasteiger charge is -2.35. The molecule has 3 aliphatic heterocycles. The van der Waals surface area contributed by atoms with Crippen LogP contribution in [0.25, 0.3) is 5.69 Å². The summed E-state index contributed by atoms with van der Waals surface area (Å²) < 4.78 is 3.83. The molecule has 0 aliphatic carbocycles. The molecule has 0 N–H and O–H groups in total. The number of aryl methyl sites for hydroxylation is 1. The van der Waals surface area contributed by atoms with Gasteiger partial charge in [-0.2, -0.15) is 4.57 Å². The fourth-order valence-corrected chi connectivity index (χ4v) is 4.93. The number of nitrogens with zero attached hydrogens (tertiary/aromatic N) is 6. The number of carbonyl (C=O) groups is 2. The number of carbonyl (C=O) groups excluding carboxylic acids is 2. The smallest absolute Gasteiger partial charge is 0.302 e. The molecule has 9 heteroatoms. The fourth-order valence-electron chi connectivity index (χ4n) is 4.75. The highest BCUT2D eigenvalue weighted by atomic mass is 35.5. The van der Waals surface area contributed by atoms with E-state index < -0.39 is 6.04 Å². The van der Waals surface area contributed by atoms with Gasteiger partial charge in [-0.05, 0) is 51.1 Å². The second kappa shape index (κ2) is 7.76. The standard InChI is InChI=1S/C22H26ClN6O2/c1-15-14-28-18-19(24-21(28)29(15)17-8-6-7-16(23)13-17)25(2)22(31)27(20(18)30)12-11-26-9-4-3-5-10-26/h6-8,13-14,18H,3-5,9-12H2,1-2H3/q+1. The van der Waals surface area contributed by atoms with E-state index in [-0.39, 0.29) is 11.9 Å². The number of aliphatic imine (C=N–C) groups is 1. The number of benzene rings is 1. The molecule has 162 valence electrons. The number of hydrogen-bond donors (Lipinski definition) is 0. The van der Waals surface area contributed by atoms with Crippen molar-refractivity contribution in [3.8, 4) is 5.69 Å². The van der Waals surface area contributed by atoms with Crippen molar-refractivity contribution in [3.63, 3.8) is 0 Å². The summed E-state index contributed by atoms with van der Waals surface area (Å²) in [6.07, 6.45) is 5.53. The van der Waals surface area contributed by atoms with Crippen LogP contribution in [0.3, 0.4) is 0 Å². The lowest BCUT2D eigenvalue weighted by atomic mass is 10.1. The summed E-state index contributed by atoms with van der Waals surface area (Å²) in [5.41, 5.74) is 1.80. The maximum Gasteiger partial charge on any atom is 0.406 e. The Bertz CT molecular complexity index is 1090. The number of imide groups is 1. The van der Waals surface area contributed by atoms with Gasteiger partial charge >= 0.3 is 12.0 Å². The van der Waals surface area contributed by atoms with Crippen LogP contribution in [-0.2, 0) is 4.79 Å². The van der Waals surface area contributed by atoms with E-state index in [1.807, 2.05) is 46.5 Å². The van der Waals surface area contributed by atoms with Gasteiger partial charge in [0.2, 0.25) is 11.9 Å². The van der Waals surface area contributed by atoms with Gasteiger partial charge in [-0.15, -0.1) is 0 Å². The number of likely N-dealkylation sites (tertiary alicyclic amines) is 1. The van der Waals surface area contributed by atoms with E-state index in [4.69, 9.17) is 16.6 Å². The van der Waals surface area contributed by atoms with Crippen molar-refractivity contribution in [2.45, 2.75) is 32.2 Å². The van der Waals surface area contributed by atoms with E-state index >= 15 is 0 Å². The van der Waals surface area contributed by atoms with E-state index in [2.05, 4.69) is 4.90 Å². The Morgan fingerprint density at radius 2 is 1.94 bits per heavy atom. The molecule has 2 fully saturated rings. The molecule has 4 heterocycles. The van der Waals surface area contributed by atoms with Gasteiger partial charge in [0.15, 0.2) is 0 Å². The number of amidine groups is 1. The van der Waals surface area contributed by atoms with Crippen LogP contribution < -0.4 is 4.57 Å². The number of rotatable bonds is 4. The molecule has 31 heavy (non-hydrogen) atoms. The van der Waals surface area contributed by atoms with Crippen LogP contribution in [0.5, 0.6) is 0 Å². The third kappa shape index (κ3) is 3.34. The predicted molar refractivity (Wildman–Crippen MR) is 117 cm³/mol. The van der Waals surface area contributed by atoms with Crippen LogP contribution in [0.4, 0.5) is 10.7 Å². The monoisotopic (exact) mass is 441 g/mol. The molecular weight excluding hydrogens is 416 g/mol. The second-order valence-corrected chi connectivity index (χ2v) is 8.84. The Morgan fingerprint density at radius 3 is 2.68 bits per heavy atom. The number of fused-ring (bicyclic) bond motifs is 3. The molecule has 0 bridgehead atoms. The van der Waals surface area contributed by atoms with Gasteiger partial charge in [0.25, 0.3) is 5.91 Å². The zero-order valence-corrected chi connectivity index (χ0v) is 18.5. The zero-order valence-electron chi connectivity index (χ0n) is 17.8. The van der Waals surface area contributed by atoms with Crippen molar-refractivity contribution >= 4 is 35.3 Å². The normalized spacial score (nSPS) is 21.4. The van der Waals surface area contributed by atoms with Crippen LogP contribution in [0.15, 0.2) is 35.5 Å². The SMILES string of the molecule is Cc1c[n+]2c(n1-c1cccc(Cl)c1)N=C1C2C(=O)N(CCN2CCCCC2)C(=O)N1C. The summed E-state index contributed by atoms with van der Waals surface area (Å²) in [6.45, 7) is 5.14. The lowest BCUT2D eigenvalue weighted by Crippen LogP contribution is -2.63. The summed E-state index contributed by atoms with van der Waals surface area (Å²) in [5, 5.41) is 0.625. The zero-order chi connectivity index (χ0) is 21.7. The number of amides is 3. The summed E-state index contributed by atoms with van der Waals surface area (Å²) in [5.74, 6) is 0.867. The topological polar surface area (TPSA) is 65.0 Å². The molecule has 1 aromatic carbocycles. The Morgan fingerprint density at radius 1 is 1.16 bits per heavy atom. The maximum absolute atomic E-state index is 13.4. The van der Waals surface area contributed by atoms with E-state index in [0.29, 0.717) is 29.9 Å². The first-order valence-corrected chi connectivity index (χ1v) is 11.1. The molecule has 3 aliphatic rings. The van der Waals surface area contributed by atoms with Gasteiger partial charge in [-0.1, -0.05) is 29.1 Å². The van der Waals surface area contributed by atoms with Crippen LogP contribution in [-0.4, -0.2) is 70.3 Å². The molecule has 8 nitrogen and oxygen atoms in total. The third-order valence-electron chi connectivity index (χ3n) is 6.36. The average molecular weight is 442 g/mol.